The van der Waals surface area contributed by atoms with Crippen LogP contribution in [0.15, 0.2) is 17.6 Å². The first-order valence-corrected chi connectivity index (χ1v) is 7.93. The van der Waals surface area contributed by atoms with E-state index in [0.29, 0.717) is 0 Å². The molecule has 2 aromatic rings. The van der Waals surface area contributed by atoms with Crippen LogP contribution in [0, 0.1) is 6.92 Å². The number of rotatable bonds is 6. The minimum absolute atomic E-state index is 0.131. The van der Waals surface area contributed by atoms with Crippen molar-refractivity contribution in [1.82, 2.24) is 15.1 Å². The first-order chi connectivity index (χ1) is 9.19. The topological polar surface area (TPSA) is 29.9 Å². The highest BCUT2D eigenvalue weighted by Gasteiger charge is 2.23. The van der Waals surface area contributed by atoms with E-state index in [9.17, 15) is 0 Å². The van der Waals surface area contributed by atoms with Crippen molar-refractivity contribution < 1.29 is 0 Å². The van der Waals surface area contributed by atoms with Gasteiger partial charge < -0.3 is 5.32 Å². The minimum atomic E-state index is 0.131. The average Bonchev–Trinajstić information content (AvgIpc) is 2.95. The van der Waals surface area contributed by atoms with E-state index in [2.05, 4.69) is 42.6 Å². The molecule has 2 rings (SSSR count). The van der Waals surface area contributed by atoms with Gasteiger partial charge in [-0.05, 0) is 36.9 Å². The maximum absolute atomic E-state index is 6.36. The summed E-state index contributed by atoms with van der Waals surface area (Å²) in [7, 11) is 0. The molecule has 19 heavy (non-hydrogen) atoms. The Hall–Kier alpha value is -0.840. The smallest absolute Gasteiger partial charge is 0.0859 e. The molecule has 0 aliphatic rings. The SMILES string of the molecule is CCCn1ncc(Cl)c1C(NCC)c1sccc1C. The van der Waals surface area contributed by atoms with E-state index in [4.69, 9.17) is 11.6 Å². The molecule has 0 saturated carbocycles. The van der Waals surface area contributed by atoms with Crippen molar-refractivity contribution in [2.45, 2.75) is 39.8 Å². The number of aromatic nitrogens is 2. The standard InChI is InChI=1S/C14H20ClN3S/c1-4-7-18-13(11(15)9-17-18)12(16-5-2)14-10(3)6-8-19-14/h6,8-9,12,16H,4-5,7H2,1-3H3. The second kappa shape index (κ2) is 6.55. The fourth-order valence-electron chi connectivity index (χ4n) is 2.25. The Morgan fingerprint density at radius 3 is 2.84 bits per heavy atom. The zero-order valence-electron chi connectivity index (χ0n) is 11.6. The van der Waals surface area contributed by atoms with Gasteiger partial charge in [-0.1, -0.05) is 25.4 Å². The summed E-state index contributed by atoms with van der Waals surface area (Å²) in [6.45, 7) is 8.21. The molecule has 0 spiro atoms. The number of halogens is 1. The molecule has 1 unspecified atom stereocenters. The second-order valence-corrected chi connectivity index (χ2v) is 5.91. The van der Waals surface area contributed by atoms with Gasteiger partial charge in [0, 0.05) is 11.4 Å². The molecule has 1 N–H and O–H groups in total. The highest BCUT2D eigenvalue weighted by molar-refractivity contribution is 7.10. The molecule has 0 aromatic carbocycles. The van der Waals surface area contributed by atoms with Gasteiger partial charge in [-0.2, -0.15) is 5.10 Å². The lowest BCUT2D eigenvalue weighted by atomic mass is 10.1. The molecule has 0 aliphatic heterocycles. The number of hydrogen-bond donors (Lipinski definition) is 1. The third-order valence-corrected chi connectivity index (χ3v) is 4.49. The Balaban J connectivity index is 2.44. The zero-order valence-corrected chi connectivity index (χ0v) is 13.2. The summed E-state index contributed by atoms with van der Waals surface area (Å²) in [5.41, 5.74) is 2.38. The van der Waals surface area contributed by atoms with Crippen molar-refractivity contribution >= 4 is 22.9 Å². The molecular weight excluding hydrogens is 278 g/mol. The van der Waals surface area contributed by atoms with Gasteiger partial charge in [0.1, 0.15) is 0 Å². The van der Waals surface area contributed by atoms with Gasteiger partial charge in [0.25, 0.3) is 0 Å². The molecule has 2 aromatic heterocycles. The van der Waals surface area contributed by atoms with E-state index in [1.54, 1.807) is 17.5 Å². The van der Waals surface area contributed by atoms with E-state index in [1.807, 2.05) is 4.68 Å². The predicted octanol–water partition coefficient (Wildman–Crippen LogP) is 4.02. The highest BCUT2D eigenvalue weighted by atomic mass is 35.5. The van der Waals surface area contributed by atoms with Gasteiger partial charge in [-0.3, -0.25) is 4.68 Å². The lowest BCUT2D eigenvalue weighted by Gasteiger charge is -2.20. The van der Waals surface area contributed by atoms with Crippen LogP contribution < -0.4 is 5.32 Å². The maximum atomic E-state index is 6.36. The first-order valence-electron chi connectivity index (χ1n) is 6.67. The quantitative estimate of drug-likeness (QED) is 0.873. The van der Waals surface area contributed by atoms with Crippen molar-refractivity contribution in [3.05, 3.63) is 38.8 Å². The Labute approximate surface area is 123 Å². The van der Waals surface area contributed by atoms with Crippen molar-refractivity contribution in [3.8, 4) is 0 Å². The summed E-state index contributed by atoms with van der Waals surface area (Å²) < 4.78 is 2.02. The van der Waals surface area contributed by atoms with Crippen LogP contribution in [0.2, 0.25) is 5.02 Å². The summed E-state index contributed by atoms with van der Waals surface area (Å²) in [6, 6.07) is 2.28. The Morgan fingerprint density at radius 2 is 2.26 bits per heavy atom. The molecule has 5 heteroatoms. The van der Waals surface area contributed by atoms with E-state index >= 15 is 0 Å². The number of thiophene rings is 1. The predicted molar refractivity (Wildman–Crippen MR) is 82.1 cm³/mol. The van der Waals surface area contributed by atoms with Crippen LogP contribution in [0.5, 0.6) is 0 Å². The van der Waals surface area contributed by atoms with Gasteiger partial charge in [0.05, 0.1) is 23.0 Å². The van der Waals surface area contributed by atoms with Crippen molar-refractivity contribution in [1.29, 1.82) is 0 Å². The highest BCUT2D eigenvalue weighted by Crippen LogP contribution is 2.33. The lowest BCUT2D eigenvalue weighted by molar-refractivity contribution is 0.523. The van der Waals surface area contributed by atoms with Gasteiger partial charge >= 0.3 is 0 Å². The van der Waals surface area contributed by atoms with Gasteiger partial charge in [-0.15, -0.1) is 11.3 Å². The fraction of sp³-hybridized carbons (Fsp3) is 0.500. The van der Waals surface area contributed by atoms with Crippen LogP contribution in [-0.2, 0) is 6.54 Å². The molecule has 0 bridgehead atoms. The second-order valence-electron chi connectivity index (χ2n) is 4.56. The minimum Gasteiger partial charge on any atom is -0.305 e. The Morgan fingerprint density at radius 1 is 1.47 bits per heavy atom. The Kier molecular flexibility index (Phi) is 5.02. The van der Waals surface area contributed by atoms with Crippen LogP contribution >= 0.6 is 22.9 Å². The molecule has 0 aliphatic carbocycles. The molecule has 104 valence electrons. The van der Waals surface area contributed by atoms with Crippen LogP contribution in [0.3, 0.4) is 0 Å². The molecular formula is C14H20ClN3S. The molecule has 3 nitrogen and oxygen atoms in total. The number of hydrogen-bond acceptors (Lipinski definition) is 3. The Bertz CT molecular complexity index is 533. The summed E-state index contributed by atoms with van der Waals surface area (Å²) in [4.78, 5) is 1.32. The molecule has 0 saturated heterocycles. The van der Waals surface area contributed by atoms with Crippen molar-refractivity contribution in [2.24, 2.45) is 0 Å². The summed E-state index contributed by atoms with van der Waals surface area (Å²) >= 11 is 8.13. The van der Waals surface area contributed by atoms with Gasteiger partial charge in [-0.25, -0.2) is 0 Å². The van der Waals surface area contributed by atoms with Crippen molar-refractivity contribution in [2.75, 3.05) is 6.54 Å². The van der Waals surface area contributed by atoms with E-state index in [1.165, 1.54) is 10.4 Å². The van der Waals surface area contributed by atoms with Crippen LogP contribution in [0.25, 0.3) is 0 Å². The molecule has 2 heterocycles. The normalized spacial score (nSPS) is 12.8. The fourth-order valence-corrected chi connectivity index (χ4v) is 3.50. The summed E-state index contributed by atoms with van der Waals surface area (Å²) in [5.74, 6) is 0. The number of nitrogens with one attached hydrogen (secondary N) is 1. The maximum Gasteiger partial charge on any atom is 0.0859 e. The monoisotopic (exact) mass is 297 g/mol. The lowest BCUT2D eigenvalue weighted by Crippen LogP contribution is -2.25. The largest absolute Gasteiger partial charge is 0.305 e. The van der Waals surface area contributed by atoms with Crippen LogP contribution in [0.4, 0.5) is 0 Å². The van der Waals surface area contributed by atoms with Gasteiger partial charge in [0.2, 0.25) is 0 Å². The summed E-state index contributed by atoms with van der Waals surface area (Å²) in [5, 5.41) is 10.8. The van der Waals surface area contributed by atoms with E-state index < -0.39 is 0 Å². The van der Waals surface area contributed by atoms with E-state index in [-0.39, 0.29) is 6.04 Å². The molecule has 0 radical (unpaired) electrons. The first kappa shape index (κ1) is 14.6. The third kappa shape index (κ3) is 3.02. The number of aryl methyl sites for hydroxylation is 2. The molecule has 0 amide bonds. The third-order valence-electron chi connectivity index (χ3n) is 3.11. The zero-order chi connectivity index (χ0) is 13.8. The van der Waals surface area contributed by atoms with Crippen molar-refractivity contribution in [3.63, 3.8) is 0 Å². The van der Waals surface area contributed by atoms with E-state index in [0.717, 1.165) is 30.2 Å². The summed E-state index contributed by atoms with van der Waals surface area (Å²) in [6.07, 6.45) is 2.80. The van der Waals surface area contributed by atoms with Gasteiger partial charge in [0.15, 0.2) is 0 Å². The molecule has 0 fully saturated rings. The number of nitrogens with zero attached hydrogens (tertiary/aromatic N) is 2. The van der Waals surface area contributed by atoms with Crippen LogP contribution in [-0.4, -0.2) is 16.3 Å². The average molecular weight is 298 g/mol. The van der Waals surface area contributed by atoms with Crippen LogP contribution in [0.1, 0.15) is 42.4 Å². The molecule has 1 atom stereocenters.